The van der Waals surface area contributed by atoms with Gasteiger partial charge in [0.1, 0.15) is 4.21 Å². The van der Waals surface area contributed by atoms with E-state index in [2.05, 4.69) is 9.88 Å². The molecule has 1 aromatic heterocycles. The number of nitrogens with two attached hydrogens (primary N) is 1. The van der Waals surface area contributed by atoms with Gasteiger partial charge in [0.05, 0.1) is 10.0 Å². The number of sulfonamides is 1. The van der Waals surface area contributed by atoms with Crippen molar-refractivity contribution in [1.29, 1.82) is 0 Å². The van der Waals surface area contributed by atoms with E-state index in [0.29, 0.717) is 9.90 Å². The summed E-state index contributed by atoms with van der Waals surface area (Å²) in [5, 5.41) is 11.6. The number of hydrogen-bond donors (Lipinski definition) is 3. The molecule has 0 aliphatic rings. The lowest BCUT2D eigenvalue weighted by atomic mass is 10.2. The van der Waals surface area contributed by atoms with Crippen molar-refractivity contribution in [1.82, 2.24) is 0 Å². The van der Waals surface area contributed by atoms with Crippen LogP contribution in [0.15, 0.2) is 39.7 Å². The van der Waals surface area contributed by atoms with Crippen molar-refractivity contribution in [3.05, 3.63) is 45.8 Å². The fraction of sp³-hybridized carbons (Fsp3) is 0.0833. The standard InChI is InChI=1S/C12H12ClN3O3S2/c1-7-6-10(20-11(7)13)21(18,19)16-9-5-3-2-4-8(9)12(14)15-17/h2-6,16-17H,1H3,(H2,14,15). The Morgan fingerprint density at radius 1 is 1.43 bits per heavy atom. The first-order chi connectivity index (χ1) is 9.85. The Balaban J connectivity index is 2.42. The number of nitrogens with zero attached hydrogens (tertiary/aromatic N) is 1. The molecule has 6 nitrogen and oxygen atoms in total. The van der Waals surface area contributed by atoms with Crippen molar-refractivity contribution >= 4 is 44.5 Å². The number of rotatable bonds is 4. The largest absolute Gasteiger partial charge is 0.409 e. The minimum atomic E-state index is -3.79. The Morgan fingerprint density at radius 2 is 2.10 bits per heavy atom. The Hall–Kier alpha value is -1.77. The van der Waals surface area contributed by atoms with Crippen LogP contribution in [0.25, 0.3) is 0 Å². The third-order valence-corrected chi connectivity index (χ3v) is 6.05. The lowest BCUT2D eigenvalue weighted by molar-refractivity contribution is 0.318. The summed E-state index contributed by atoms with van der Waals surface area (Å²) < 4.78 is 27.6. The van der Waals surface area contributed by atoms with Crippen molar-refractivity contribution in [2.75, 3.05) is 4.72 Å². The summed E-state index contributed by atoms with van der Waals surface area (Å²) in [6.45, 7) is 1.72. The number of para-hydroxylation sites is 1. The predicted octanol–water partition coefficient (Wildman–Crippen LogP) is 2.61. The van der Waals surface area contributed by atoms with Crippen molar-refractivity contribution in [2.45, 2.75) is 11.1 Å². The monoisotopic (exact) mass is 345 g/mol. The second-order valence-corrected chi connectivity index (χ2v) is 7.72. The van der Waals surface area contributed by atoms with E-state index in [-0.39, 0.29) is 21.3 Å². The Bertz CT molecular complexity index is 780. The fourth-order valence-corrected chi connectivity index (χ4v) is 4.40. The number of aryl methyl sites for hydroxylation is 1. The molecule has 0 saturated carbocycles. The maximum absolute atomic E-state index is 12.3. The van der Waals surface area contributed by atoms with Gasteiger partial charge in [0, 0.05) is 5.56 Å². The van der Waals surface area contributed by atoms with E-state index >= 15 is 0 Å². The molecule has 1 aromatic carbocycles. The number of halogens is 1. The number of nitrogens with one attached hydrogen (secondary N) is 1. The van der Waals surface area contributed by atoms with Crippen molar-refractivity contribution in [3.63, 3.8) is 0 Å². The molecule has 0 bridgehead atoms. The predicted molar refractivity (Wildman–Crippen MR) is 83.8 cm³/mol. The third-order valence-electron chi connectivity index (χ3n) is 2.65. The van der Waals surface area contributed by atoms with Gasteiger partial charge in [0.25, 0.3) is 10.0 Å². The summed E-state index contributed by atoms with van der Waals surface area (Å²) in [5.74, 6) is -0.186. The Labute approximate surface area is 130 Å². The van der Waals surface area contributed by atoms with Crippen LogP contribution < -0.4 is 10.5 Å². The molecule has 2 aromatic rings. The molecule has 0 aliphatic heterocycles. The van der Waals surface area contributed by atoms with E-state index in [1.807, 2.05) is 0 Å². The molecular weight excluding hydrogens is 334 g/mol. The molecule has 0 unspecified atom stereocenters. The smallest absolute Gasteiger partial charge is 0.271 e. The molecule has 0 radical (unpaired) electrons. The van der Waals surface area contributed by atoms with Gasteiger partial charge in [-0.25, -0.2) is 8.42 Å². The van der Waals surface area contributed by atoms with Gasteiger partial charge in [-0.3, -0.25) is 4.72 Å². The maximum atomic E-state index is 12.3. The SMILES string of the molecule is Cc1cc(S(=O)(=O)Nc2ccccc2/C(N)=N/O)sc1Cl. The van der Waals surface area contributed by atoms with Gasteiger partial charge in [-0.15, -0.1) is 11.3 Å². The average Bonchev–Trinajstić information content (AvgIpc) is 2.79. The molecule has 112 valence electrons. The van der Waals surface area contributed by atoms with Crippen molar-refractivity contribution in [2.24, 2.45) is 10.9 Å². The normalized spacial score (nSPS) is 12.4. The highest BCUT2D eigenvalue weighted by molar-refractivity contribution is 7.94. The zero-order valence-electron chi connectivity index (χ0n) is 10.9. The number of amidine groups is 1. The van der Waals surface area contributed by atoms with Crippen LogP contribution in [0.1, 0.15) is 11.1 Å². The van der Waals surface area contributed by atoms with Gasteiger partial charge >= 0.3 is 0 Å². The highest BCUT2D eigenvalue weighted by Gasteiger charge is 2.20. The topological polar surface area (TPSA) is 105 Å². The minimum Gasteiger partial charge on any atom is -0.409 e. The maximum Gasteiger partial charge on any atom is 0.271 e. The van der Waals surface area contributed by atoms with E-state index in [4.69, 9.17) is 22.5 Å². The quantitative estimate of drug-likeness (QED) is 0.343. The zero-order valence-corrected chi connectivity index (χ0v) is 13.3. The number of benzene rings is 1. The van der Waals surface area contributed by atoms with Crippen LogP contribution in [0, 0.1) is 6.92 Å². The zero-order chi connectivity index (χ0) is 15.6. The van der Waals surface area contributed by atoms with Crippen molar-refractivity contribution in [3.8, 4) is 0 Å². The first-order valence-electron chi connectivity index (χ1n) is 5.71. The Kier molecular flexibility index (Phi) is 4.40. The Morgan fingerprint density at radius 3 is 2.67 bits per heavy atom. The number of thiophene rings is 1. The highest BCUT2D eigenvalue weighted by Crippen LogP contribution is 2.31. The molecule has 0 atom stereocenters. The average molecular weight is 346 g/mol. The van der Waals surface area contributed by atoms with Gasteiger partial charge in [-0.1, -0.05) is 28.9 Å². The van der Waals surface area contributed by atoms with Gasteiger partial charge in [0.2, 0.25) is 0 Å². The molecular formula is C12H12ClN3O3S2. The molecule has 4 N–H and O–H groups in total. The van der Waals surface area contributed by atoms with Gasteiger partial charge in [0.15, 0.2) is 5.84 Å². The van der Waals surface area contributed by atoms with Crippen LogP contribution >= 0.6 is 22.9 Å². The van der Waals surface area contributed by atoms with Crippen molar-refractivity contribution < 1.29 is 13.6 Å². The van der Waals surface area contributed by atoms with Crippen LogP contribution in [-0.4, -0.2) is 19.5 Å². The first-order valence-corrected chi connectivity index (χ1v) is 8.38. The third kappa shape index (κ3) is 3.29. The summed E-state index contributed by atoms with van der Waals surface area (Å²) in [6, 6.07) is 7.84. The van der Waals surface area contributed by atoms with Gasteiger partial charge in [-0.05, 0) is 30.7 Å². The van der Waals surface area contributed by atoms with E-state index in [9.17, 15) is 8.42 Å². The summed E-state index contributed by atoms with van der Waals surface area (Å²) in [7, 11) is -3.79. The fourth-order valence-electron chi connectivity index (χ4n) is 1.61. The summed E-state index contributed by atoms with van der Waals surface area (Å²) >= 11 is 6.86. The molecule has 1 heterocycles. The molecule has 0 amide bonds. The lowest BCUT2D eigenvalue weighted by Gasteiger charge is -2.10. The second-order valence-electron chi connectivity index (χ2n) is 4.16. The second kappa shape index (κ2) is 5.92. The van der Waals surface area contributed by atoms with Crippen LogP contribution in [0.4, 0.5) is 5.69 Å². The molecule has 9 heteroatoms. The van der Waals surface area contributed by atoms with Gasteiger partial charge in [-0.2, -0.15) is 0 Å². The molecule has 2 rings (SSSR count). The van der Waals surface area contributed by atoms with E-state index in [0.717, 1.165) is 11.3 Å². The minimum absolute atomic E-state index is 0.0966. The summed E-state index contributed by atoms with van der Waals surface area (Å²) in [5.41, 5.74) is 6.71. The molecule has 0 fully saturated rings. The first kappa shape index (κ1) is 15.6. The summed E-state index contributed by atoms with van der Waals surface area (Å²) in [4.78, 5) is 0. The molecule has 0 spiro atoms. The van der Waals surface area contributed by atoms with Crippen LogP contribution in [0.2, 0.25) is 4.34 Å². The van der Waals surface area contributed by atoms with E-state index in [1.54, 1.807) is 25.1 Å². The number of oxime groups is 1. The molecule has 0 aliphatic carbocycles. The highest BCUT2D eigenvalue weighted by atomic mass is 35.5. The van der Waals surface area contributed by atoms with Crippen LogP contribution in [-0.2, 0) is 10.0 Å². The number of hydrogen-bond acceptors (Lipinski definition) is 5. The van der Waals surface area contributed by atoms with Gasteiger partial charge < -0.3 is 10.9 Å². The molecule has 0 saturated heterocycles. The number of anilines is 1. The van der Waals surface area contributed by atoms with E-state index in [1.165, 1.54) is 12.1 Å². The van der Waals surface area contributed by atoms with Crippen LogP contribution in [0.5, 0.6) is 0 Å². The summed E-state index contributed by atoms with van der Waals surface area (Å²) in [6.07, 6.45) is 0. The van der Waals surface area contributed by atoms with E-state index < -0.39 is 10.0 Å². The lowest BCUT2D eigenvalue weighted by Crippen LogP contribution is -2.19. The molecule has 21 heavy (non-hydrogen) atoms. The van der Waals surface area contributed by atoms with Crippen LogP contribution in [0.3, 0.4) is 0 Å².